The van der Waals surface area contributed by atoms with E-state index in [0.717, 1.165) is 0 Å². The molecule has 0 heterocycles. The van der Waals surface area contributed by atoms with Crippen molar-refractivity contribution in [3.05, 3.63) is 29.6 Å². The van der Waals surface area contributed by atoms with E-state index in [2.05, 4.69) is 0 Å². The summed E-state index contributed by atoms with van der Waals surface area (Å²) in [5, 5.41) is 17.2. The number of aliphatic hydroxyl groups is 1. The van der Waals surface area contributed by atoms with Crippen molar-refractivity contribution in [3.8, 4) is 0 Å². The van der Waals surface area contributed by atoms with Crippen LogP contribution in [-0.4, -0.2) is 37.2 Å². The normalized spacial score (nSPS) is 13.3. The molecule has 0 aliphatic rings. The van der Waals surface area contributed by atoms with Crippen molar-refractivity contribution in [1.82, 2.24) is 4.72 Å². The summed E-state index contributed by atoms with van der Waals surface area (Å²) >= 11 is 0. The van der Waals surface area contributed by atoms with Gasteiger partial charge in [0, 0.05) is 18.7 Å². The van der Waals surface area contributed by atoms with Gasteiger partial charge in [0.1, 0.15) is 17.5 Å². The Labute approximate surface area is 105 Å². The highest BCUT2D eigenvalue weighted by molar-refractivity contribution is 7.89. The van der Waals surface area contributed by atoms with Crippen LogP contribution in [0, 0.1) is 17.5 Å². The molecule has 0 aliphatic carbocycles. The van der Waals surface area contributed by atoms with Crippen LogP contribution in [0.3, 0.4) is 0 Å². The third kappa shape index (κ3) is 3.66. The fraction of sp³-hybridized carbons (Fsp3) is 0.222. The number of rotatable bonds is 5. The number of halogens is 3. The monoisotopic (exact) mass is 299 g/mol. The van der Waals surface area contributed by atoms with Crippen LogP contribution in [0.2, 0.25) is 0 Å². The number of aliphatic hydroxyl groups excluding tert-OH is 1. The highest BCUT2D eigenvalue weighted by atomic mass is 32.2. The summed E-state index contributed by atoms with van der Waals surface area (Å²) in [5.41, 5.74) is 0. The molecule has 0 radical (unpaired) electrons. The average Bonchev–Trinajstić information content (AvgIpc) is 2.23. The number of nitrogens with one attached hydrogen (secondary N) is 1. The molecule has 1 aromatic rings. The van der Waals surface area contributed by atoms with E-state index in [1.54, 1.807) is 0 Å². The third-order valence-electron chi connectivity index (χ3n) is 1.98. The first kappa shape index (κ1) is 15.4. The fourth-order valence-corrected chi connectivity index (χ4v) is 2.29. The van der Waals surface area contributed by atoms with Gasteiger partial charge in [-0.25, -0.2) is 31.1 Å². The molecular weight excluding hydrogens is 291 g/mol. The van der Waals surface area contributed by atoms with Crippen LogP contribution in [0.5, 0.6) is 0 Å². The quantitative estimate of drug-likeness (QED) is 0.700. The number of hydrogen-bond donors (Lipinski definition) is 3. The van der Waals surface area contributed by atoms with Crippen molar-refractivity contribution in [2.24, 2.45) is 0 Å². The van der Waals surface area contributed by atoms with E-state index >= 15 is 0 Å². The van der Waals surface area contributed by atoms with Crippen molar-refractivity contribution >= 4 is 16.0 Å². The van der Waals surface area contributed by atoms with E-state index in [9.17, 15) is 26.4 Å². The molecule has 0 fully saturated rings. The van der Waals surface area contributed by atoms with Crippen molar-refractivity contribution in [2.75, 3.05) is 6.54 Å². The molecule has 106 valence electrons. The molecule has 6 nitrogen and oxygen atoms in total. The molecule has 0 amide bonds. The minimum atomic E-state index is -4.76. The van der Waals surface area contributed by atoms with E-state index in [1.165, 1.54) is 4.72 Å². The van der Waals surface area contributed by atoms with Crippen molar-refractivity contribution in [2.45, 2.75) is 11.0 Å². The minimum Gasteiger partial charge on any atom is -0.479 e. The smallest absolute Gasteiger partial charge is 0.333 e. The highest BCUT2D eigenvalue weighted by Crippen LogP contribution is 2.19. The summed E-state index contributed by atoms with van der Waals surface area (Å²) in [7, 11) is -4.76. The van der Waals surface area contributed by atoms with Crippen LogP contribution in [-0.2, 0) is 14.8 Å². The van der Waals surface area contributed by atoms with Gasteiger partial charge in [-0.05, 0) is 0 Å². The molecule has 0 aromatic heterocycles. The highest BCUT2D eigenvalue weighted by Gasteiger charge is 2.26. The Bertz CT molecular complexity index is 581. The standard InChI is InChI=1S/C9H8F3NO5S/c10-4-1-5(11)8(6(12)2-4)19(17,18)13-3-7(14)9(15)16/h1-2,7,13-14H,3H2,(H,15,16)/t7-/m0/s1. The Morgan fingerprint density at radius 2 is 1.74 bits per heavy atom. The molecule has 19 heavy (non-hydrogen) atoms. The summed E-state index contributed by atoms with van der Waals surface area (Å²) in [6.07, 6.45) is -2.08. The zero-order valence-corrected chi connectivity index (χ0v) is 9.92. The lowest BCUT2D eigenvalue weighted by atomic mass is 10.3. The molecule has 0 unspecified atom stereocenters. The minimum absolute atomic E-state index is 0.158. The zero-order valence-electron chi connectivity index (χ0n) is 9.10. The topological polar surface area (TPSA) is 104 Å². The first-order valence-electron chi connectivity index (χ1n) is 4.70. The molecule has 0 saturated carbocycles. The van der Waals surface area contributed by atoms with Gasteiger partial charge in [0.2, 0.25) is 10.0 Å². The summed E-state index contributed by atoms with van der Waals surface area (Å²) < 4.78 is 63.5. The Morgan fingerprint density at radius 3 is 2.16 bits per heavy atom. The second kappa shape index (κ2) is 5.55. The Kier molecular flexibility index (Phi) is 4.50. The maximum Gasteiger partial charge on any atom is 0.333 e. The maximum absolute atomic E-state index is 13.2. The molecule has 1 rings (SSSR count). The number of carboxylic acids is 1. The molecule has 0 spiro atoms. The second-order valence-corrected chi connectivity index (χ2v) is 5.11. The molecule has 3 N–H and O–H groups in total. The lowest BCUT2D eigenvalue weighted by Gasteiger charge is -2.10. The van der Waals surface area contributed by atoms with Gasteiger partial charge in [-0.3, -0.25) is 0 Å². The van der Waals surface area contributed by atoms with Crippen molar-refractivity contribution < 1.29 is 36.6 Å². The summed E-state index contributed by atoms with van der Waals surface area (Å²) in [4.78, 5) is 8.80. The molecule has 10 heteroatoms. The summed E-state index contributed by atoms with van der Waals surface area (Å²) in [6, 6.07) is 0.316. The van der Waals surface area contributed by atoms with Gasteiger partial charge in [0.15, 0.2) is 11.0 Å². The number of aliphatic carboxylic acids is 1. The number of benzene rings is 1. The van der Waals surface area contributed by atoms with E-state index in [0.29, 0.717) is 0 Å². The molecule has 0 saturated heterocycles. The predicted molar refractivity (Wildman–Crippen MR) is 55.1 cm³/mol. The zero-order chi connectivity index (χ0) is 14.8. The molecular formula is C9H8F3NO5S. The third-order valence-corrected chi connectivity index (χ3v) is 3.46. The van der Waals surface area contributed by atoms with Gasteiger partial charge < -0.3 is 10.2 Å². The Balaban J connectivity index is 3.05. The van der Waals surface area contributed by atoms with Crippen molar-refractivity contribution in [1.29, 1.82) is 0 Å². The molecule has 1 aromatic carbocycles. The summed E-state index contributed by atoms with van der Waals surface area (Å²) in [6.45, 7) is -0.992. The number of carbonyl (C=O) groups is 1. The van der Waals surface area contributed by atoms with Gasteiger partial charge in [0.05, 0.1) is 0 Å². The first-order valence-corrected chi connectivity index (χ1v) is 6.18. The molecule has 0 aliphatic heterocycles. The number of sulfonamides is 1. The van der Waals surface area contributed by atoms with Crippen LogP contribution in [0.1, 0.15) is 0 Å². The number of carboxylic acid groups (broad SMARTS) is 1. The molecule has 1 atom stereocenters. The Morgan fingerprint density at radius 1 is 1.26 bits per heavy atom. The fourth-order valence-electron chi connectivity index (χ4n) is 1.13. The lowest BCUT2D eigenvalue weighted by molar-refractivity contribution is -0.146. The van der Waals surface area contributed by atoms with Gasteiger partial charge in [-0.15, -0.1) is 0 Å². The van der Waals surface area contributed by atoms with Crippen LogP contribution in [0.4, 0.5) is 13.2 Å². The van der Waals surface area contributed by atoms with Crippen molar-refractivity contribution in [3.63, 3.8) is 0 Å². The van der Waals surface area contributed by atoms with Gasteiger partial charge in [-0.2, -0.15) is 0 Å². The average molecular weight is 299 g/mol. The van der Waals surface area contributed by atoms with Gasteiger partial charge >= 0.3 is 5.97 Å². The molecule has 0 bridgehead atoms. The largest absolute Gasteiger partial charge is 0.479 e. The predicted octanol–water partition coefficient (Wildman–Crippen LogP) is -0.172. The number of hydrogen-bond acceptors (Lipinski definition) is 4. The van der Waals surface area contributed by atoms with Crippen LogP contribution < -0.4 is 4.72 Å². The van der Waals surface area contributed by atoms with Gasteiger partial charge in [0.25, 0.3) is 0 Å². The van der Waals surface area contributed by atoms with E-state index in [4.69, 9.17) is 10.2 Å². The van der Waals surface area contributed by atoms with E-state index in [1.807, 2.05) is 0 Å². The van der Waals surface area contributed by atoms with Crippen LogP contribution in [0.15, 0.2) is 17.0 Å². The van der Waals surface area contributed by atoms with Gasteiger partial charge in [-0.1, -0.05) is 0 Å². The first-order chi connectivity index (χ1) is 8.65. The van der Waals surface area contributed by atoms with Crippen LogP contribution >= 0.6 is 0 Å². The Hall–Kier alpha value is -1.65. The van der Waals surface area contributed by atoms with E-state index < -0.39 is 51.0 Å². The SMILES string of the molecule is O=C(O)[C@@H](O)CNS(=O)(=O)c1c(F)cc(F)cc1F. The van der Waals surface area contributed by atoms with E-state index in [-0.39, 0.29) is 12.1 Å². The van der Waals surface area contributed by atoms with Crippen LogP contribution in [0.25, 0.3) is 0 Å². The lowest BCUT2D eigenvalue weighted by Crippen LogP contribution is -2.37. The maximum atomic E-state index is 13.2. The summed E-state index contributed by atoms with van der Waals surface area (Å²) in [5.74, 6) is -6.37. The second-order valence-electron chi connectivity index (χ2n) is 3.40.